The van der Waals surface area contributed by atoms with Crippen LogP contribution in [0.15, 0.2) is 24.3 Å². The van der Waals surface area contributed by atoms with Crippen molar-refractivity contribution in [1.29, 1.82) is 0 Å². The van der Waals surface area contributed by atoms with E-state index in [1.807, 2.05) is 12.1 Å². The molecule has 0 spiro atoms. The van der Waals surface area contributed by atoms with E-state index < -0.39 is 0 Å². The van der Waals surface area contributed by atoms with Crippen molar-refractivity contribution in [2.24, 2.45) is 11.3 Å². The summed E-state index contributed by atoms with van der Waals surface area (Å²) in [6, 6.07) is 7.23. The monoisotopic (exact) mass is 263 g/mol. The van der Waals surface area contributed by atoms with Gasteiger partial charge >= 0.3 is 0 Å². The van der Waals surface area contributed by atoms with Crippen LogP contribution in [0.3, 0.4) is 0 Å². The van der Waals surface area contributed by atoms with E-state index in [4.69, 9.17) is 0 Å². The minimum absolute atomic E-state index is 0.135. The van der Waals surface area contributed by atoms with E-state index in [2.05, 4.69) is 26.1 Å². The summed E-state index contributed by atoms with van der Waals surface area (Å²) in [6.45, 7) is 7.80. The van der Waals surface area contributed by atoms with Crippen molar-refractivity contribution in [2.75, 3.05) is 6.54 Å². The van der Waals surface area contributed by atoms with Crippen LogP contribution >= 0.6 is 0 Å². The molecule has 0 amide bonds. The zero-order valence-electron chi connectivity index (χ0n) is 12.4. The Morgan fingerprint density at radius 3 is 2.26 bits per heavy atom. The molecule has 19 heavy (non-hydrogen) atoms. The molecule has 1 aliphatic rings. The highest BCUT2D eigenvalue weighted by atomic mass is 19.1. The summed E-state index contributed by atoms with van der Waals surface area (Å²) in [6.07, 6.45) is 5.47. The molecule has 0 aliphatic heterocycles. The Hall–Kier alpha value is -0.890. The summed E-state index contributed by atoms with van der Waals surface area (Å²) in [5.74, 6) is 0.664. The fraction of sp³-hybridized carbons (Fsp3) is 0.647. The van der Waals surface area contributed by atoms with Crippen molar-refractivity contribution in [3.05, 3.63) is 35.6 Å². The second-order valence-electron chi connectivity index (χ2n) is 6.91. The van der Waals surface area contributed by atoms with Gasteiger partial charge in [-0.05, 0) is 48.4 Å². The first-order chi connectivity index (χ1) is 8.97. The molecule has 1 atom stereocenters. The maximum atomic E-state index is 13.1. The van der Waals surface area contributed by atoms with E-state index in [1.54, 1.807) is 12.1 Å². The second-order valence-corrected chi connectivity index (χ2v) is 6.91. The lowest BCUT2D eigenvalue weighted by Crippen LogP contribution is -2.35. The largest absolute Gasteiger partial charge is 0.309 e. The molecule has 1 aliphatic carbocycles. The van der Waals surface area contributed by atoms with Gasteiger partial charge in [0, 0.05) is 6.04 Å². The van der Waals surface area contributed by atoms with Gasteiger partial charge in [0.25, 0.3) is 0 Å². The topological polar surface area (TPSA) is 12.0 Å². The molecule has 1 aromatic carbocycles. The molecule has 0 bridgehead atoms. The molecule has 0 aromatic heterocycles. The van der Waals surface area contributed by atoms with Gasteiger partial charge < -0.3 is 5.32 Å². The third kappa shape index (κ3) is 4.04. The number of hydrogen-bond acceptors (Lipinski definition) is 1. The smallest absolute Gasteiger partial charge is 0.123 e. The predicted octanol–water partition coefficient (Wildman–Crippen LogP) is 4.69. The van der Waals surface area contributed by atoms with E-state index in [0.29, 0.717) is 0 Å². The van der Waals surface area contributed by atoms with Crippen LogP contribution in [0.1, 0.15) is 58.1 Å². The minimum atomic E-state index is -0.160. The van der Waals surface area contributed by atoms with Crippen LogP contribution in [0.25, 0.3) is 0 Å². The maximum absolute atomic E-state index is 13.1. The molecule has 0 saturated heterocycles. The van der Waals surface area contributed by atoms with Crippen LogP contribution in [-0.2, 0) is 0 Å². The van der Waals surface area contributed by atoms with E-state index in [0.717, 1.165) is 12.5 Å². The lowest BCUT2D eigenvalue weighted by atomic mass is 9.82. The Morgan fingerprint density at radius 1 is 1.16 bits per heavy atom. The van der Waals surface area contributed by atoms with Crippen LogP contribution in [0.4, 0.5) is 4.39 Å². The summed E-state index contributed by atoms with van der Waals surface area (Å²) in [5, 5.41) is 3.71. The van der Waals surface area contributed by atoms with Gasteiger partial charge in [-0.2, -0.15) is 0 Å². The number of rotatable bonds is 4. The minimum Gasteiger partial charge on any atom is -0.309 e. The van der Waals surface area contributed by atoms with Crippen molar-refractivity contribution >= 4 is 0 Å². The SMILES string of the molecule is CC(C)(C)C(NCC1CCCC1)c1ccc(F)cc1. The van der Waals surface area contributed by atoms with E-state index in [-0.39, 0.29) is 17.3 Å². The van der Waals surface area contributed by atoms with Crippen LogP contribution in [-0.4, -0.2) is 6.54 Å². The molecule has 0 radical (unpaired) electrons. The van der Waals surface area contributed by atoms with Gasteiger partial charge in [-0.25, -0.2) is 4.39 Å². The Balaban J connectivity index is 2.05. The molecule has 2 rings (SSSR count). The average Bonchev–Trinajstić information content (AvgIpc) is 2.83. The van der Waals surface area contributed by atoms with Crippen molar-refractivity contribution in [2.45, 2.75) is 52.5 Å². The normalized spacial score (nSPS) is 18.7. The van der Waals surface area contributed by atoms with Crippen LogP contribution in [0, 0.1) is 17.2 Å². The van der Waals surface area contributed by atoms with Gasteiger partial charge in [0.05, 0.1) is 0 Å². The van der Waals surface area contributed by atoms with Gasteiger partial charge in [0.1, 0.15) is 5.82 Å². The maximum Gasteiger partial charge on any atom is 0.123 e. The van der Waals surface area contributed by atoms with E-state index in [1.165, 1.54) is 31.2 Å². The summed E-state index contributed by atoms with van der Waals surface area (Å²) in [7, 11) is 0. The first-order valence-electron chi connectivity index (χ1n) is 7.45. The van der Waals surface area contributed by atoms with Crippen molar-refractivity contribution in [3.63, 3.8) is 0 Å². The number of benzene rings is 1. The predicted molar refractivity (Wildman–Crippen MR) is 78.6 cm³/mol. The highest BCUT2D eigenvalue weighted by Crippen LogP contribution is 2.34. The van der Waals surface area contributed by atoms with Gasteiger partial charge in [-0.1, -0.05) is 45.7 Å². The molecular formula is C17H26FN. The average molecular weight is 263 g/mol. The number of nitrogens with one attached hydrogen (secondary N) is 1. The van der Waals surface area contributed by atoms with Gasteiger partial charge in [-0.3, -0.25) is 0 Å². The summed E-state index contributed by atoms with van der Waals surface area (Å²) >= 11 is 0. The van der Waals surface area contributed by atoms with Crippen molar-refractivity contribution in [3.8, 4) is 0 Å². The Bertz CT molecular complexity index is 385. The quantitative estimate of drug-likeness (QED) is 0.830. The third-order valence-corrected chi connectivity index (χ3v) is 4.15. The van der Waals surface area contributed by atoms with Crippen molar-refractivity contribution in [1.82, 2.24) is 5.32 Å². The van der Waals surface area contributed by atoms with Gasteiger partial charge in [0.2, 0.25) is 0 Å². The van der Waals surface area contributed by atoms with Gasteiger partial charge in [-0.15, -0.1) is 0 Å². The fourth-order valence-electron chi connectivity index (χ4n) is 3.08. The first kappa shape index (κ1) is 14.5. The Kier molecular flexibility index (Phi) is 4.62. The summed E-state index contributed by atoms with van der Waals surface area (Å²) in [5.41, 5.74) is 1.32. The molecule has 1 aromatic rings. The molecule has 1 unspecified atom stereocenters. The highest BCUT2D eigenvalue weighted by molar-refractivity contribution is 5.21. The number of hydrogen-bond donors (Lipinski definition) is 1. The molecule has 1 fully saturated rings. The lowest BCUT2D eigenvalue weighted by Gasteiger charge is -2.33. The Labute approximate surface area is 116 Å². The molecule has 1 saturated carbocycles. The third-order valence-electron chi connectivity index (χ3n) is 4.15. The molecule has 106 valence electrons. The molecule has 0 heterocycles. The van der Waals surface area contributed by atoms with Crippen molar-refractivity contribution < 1.29 is 4.39 Å². The summed E-state index contributed by atoms with van der Waals surface area (Å²) in [4.78, 5) is 0. The first-order valence-corrected chi connectivity index (χ1v) is 7.45. The number of halogens is 1. The lowest BCUT2D eigenvalue weighted by molar-refractivity contribution is 0.260. The summed E-state index contributed by atoms with van der Waals surface area (Å²) < 4.78 is 13.1. The highest BCUT2D eigenvalue weighted by Gasteiger charge is 2.27. The van der Waals surface area contributed by atoms with Crippen LogP contribution < -0.4 is 5.32 Å². The molecule has 1 N–H and O–H groups in total. The van der Waals surface area contributed by atoms with Gasteiger partial charge in [0.15, 0.2) is 0 Å². The molecule has 2 heteroatoms. The van der Waals surface area contributed by atoms with Crippen LogP contribution in [0.2, 0.25) is 0 Å². The zero-order chi connectivity index (χ0) is 13.9. The van der Waals surface area contributed by atoms with E-state index >= 15 is 0 Å². The Morgan fingerprint density at radius 2 is 1.74 bits per heavy atom. The van der Waals surface area contributed by atoms with E-state index in [9.17, 15) is 4.39 Å². The fourth-order valence-corrected chi connectivity index (χ4v) is 3.08. The molecular weight excluding hydrogens is 237 g/mol. The zero-order valence-corrected chi connectivity index (χ0v) is 12.4. The standard InChI is InChI=1S/C17H26FN/c1-17(2,3)16(14-8-10-15(18)11-9-14)19-12-13-6-4-5-7-13/h8-11,13,16,19H,4-7,12H2,1-3H3. The van der Waals surface area contributed by atoms with Crippen LogP contribution in [0.5, 0.6) is 0 Å². The second kappa shape index (κ2) is 6.04. The molecule has 1 nitrogen and oxygen atoms in total.